The minimum Gasteiger partial charge on any atom is -0.353 e. The second-order valence-electron chi connectivity index (χ2n) is 7.92. The van der Waals surface area contributed by atoms with Crippen molar-refractivity contribution in [2.45, 2.75) is 70.2 Å². The van der Waals surface area contributed by atoms with E-state index in [1.54, 1.807) is 0 Å². The molecule has 1 aromatic carbocycles. The fourth-order valence-electron chi connectivity index (χ4n) is 4.47. The van der Waals surface area contributed by atoms with Gasteiger partial charge in [-0.15, -0.1) is 0 Å². The van der Waals surface area contributed by atoms with Crippen LogP contribution in [0.4, 0.5) is 0 Å². The zero-order valence-corrected chi connectivity index (χ0v) is 16.9. The summed E-state index contributed by atoms with van der Waals surface area (Å²) in [7, 11) is -3.58. The van der Waals surface area contributed by atoms with Crippen LogP contribution in [0.2, 0.25) is 0 Å². The number of hydrogen-bond acceptors (Lipinski definition) is 3. The van der Waals surface area contributed by atoms with Crippen molar-refractivity contribution >= 4 is 15.9 Å². The highest BCUT2D eigenvalue weighted by Crippen LogP contribution is 2.29. The Hall–Kier alpha value is -1.40. The maximum Gasteiger partial charge on any atom is 0.243 e. The van der Waals surface area contributed by atoms with Crippen LogP contribution in [-0.2, 0) is 14.8 Å². The molecule has 0 bridgehead atoms. The van der Waals surface area contributed by atoms with Gasteiger partial charge in [0.05, 0.1) is 10.8 Å². The molecule has 2 fully saturated rings. The molecule has 3 rings (SSSR count). The number of carbonyl (C=O) groups excluding carboxylic acids is 1. The van der Waals surface area contributed by atoms with E-state index < -0.39 is 10.0 Å². The van der Waals surface area contributed by atoms with Crippen LogP contribution in [0.5, 0.6) is 0 Å². The normalized spacial score (nSPS) is 22.5. The Kier molecular flexibility index (Phi) is 5.72. The van der Waals surface area contributed by atoms with Gasteiger partial charge in [0.1, 0.15) is 0 Å². The Bertz CT molecular complexity index is 759. The average Bonchev–Trinajstić information content (AvgIpc) is 3.06. The summed E-state index contributed by atoms with van der Waals surface area (Å²) in [5.74, 6) is -0.223. The third kappa shape index (κ3) is 3.96. The summed E-state index contributed by atoms with van der Waals surface area (Å²) in [5, 5.41) is 3.13. The molecule has 1 aliphatic carbocycles. The van der Waals surface area contributed by atoms with E-state index in [0.717, 1.165) is 42.4 Å². The van der Waals surface area contributed by atoms with Gasteiger partial charge in [-0.1, -0.05) is 30.5 Å². The molecule has 144 valence electrons. The lowest BCUT2D eigenvalue weighted by Crippen LogP contribution is -2.47. The number of amides is 1. The van der Waals surface area contributed by atoms with Gasteiger partial charge in [0.2, 0.25) is 15.9 Å². The molecular weight excluding hydrogens is 348 g/mol. The molecule has 0 unspecified atom stereocenters. The van der Waals surface area contributed by atoms with Crippen molar-refractivity contribution in [2.24, 2.45) is 5.92 Å². The second-order valence-corrected chi connectivity index (χ2v) is 9.79. The Labute approximate surface area is 157 Å². The molecule has 26 heavy (non-hydrogen) atoms. The molecule has 1 saturated heterocycles. The molecule has 0 spiro atoms. The zero-order chi connectivity index (χ0) is 18.9. The summed E-state index contributed by atoms with van der Waals surface area (Å²) in [6.07, 6.45) is 5.91. The van der Waals surface area contributed by atoms with E-state index in [1.165, 1.54) is 17.1 Å². The number of nitrogens with zero attached hydrogens (tertiary/aromatic N) is 1. The summed E-state index contributed by atoms with van der Waals surface area (Å²) in [6, 6.07) is 4.10. The van der Waals surface area contributed by atoms with Gasteiger partial charge < -0.3 is 5.32 Å². The van der Waals surface area contributed by atoms with Gasteiger partial charge in [0, 0.05) is 19.1 Å². The zero-order valence-electron chi connectivity index (χ0n) is 16.0. The Morgan fingerprint density at radius 2 is 1.65 bits per heavy atom. The number of benzene rings is 1. The number of aryl methyl sites for hydroxylation is 3. The standard InChI is InChI=1S/C20H30N2O3S/c1-14-11-15(2)19(16(3)12-14)26(24,25)22-10-6-7-17(13-22)20(23)21-18-8-4-5-9-18/h11-12,17-18H,4-10,13H2,1-3H3,(H,21,23)/t17-/m1/s1. The lowest BCUT2D eigenvalue weighted by molar-refractivity contribution is -0.126. The first-order valence-electron chi connectivity index (χ1n) is 9.67. The van der Waals surface area contributed by atoms with Crippen molar-refractivity contribution in [3.8, 4) is 0 Å². The van der Waals surface area contributed by atoms with E-state index in [9.17, 15) is 13.2 Å². The predicted octanol–water partition coefficient (Wildman–Crippen LogP) is 3.07. The maximum atomic E-state index is 13.2. The maximum absolute atomic E-state index is 13.2. The molecule has 1 atom stereocenters. The molecule has 6 heteroatoms. The third-order valence-corrected chi connectivity index (χ3v) is 7.83. The summed E-state index contributed by atoms with van der Waals surface area (Å²) >= 11 is 0. The van der Waals surface area contributed by atoms with E-state index in [2.05, 4.69) is 5.32 Å². The number of sulfonamides is 1. The lowest BCUT2D eigenvalue weighted by Gasteiger charge is -2.32. The monoisotopic (exact) mass is 378 g/mol. The molecule has 1 saturated carbocycles. The predicted molar refractivity (Wildman–Crippen MR) is 103 cm³/mol. The van der Waals surface area contributed by atoms with Gasteiger partial charge in [0.25, 0.3) is 0 Å². The first-order chi connectivity index (χ1) is 12.3. The van der Waals surface area contributed by atoms with Crippen LogP contribution in [0, 0.1) is 26.7 Å². The van der Waals surface area contributed by atoms with Crippen LogP contribution in [0.25, 0.3) is 0 Å². The lowest BCUT2D eigenvalue weighted by atomic mass is 9.98. The highest BCUT2D eigenvalue weighted by molar-refractivity contribution is 7.89. The van der Waals surface area contributed by atoms with Crippen molar-refractivity contribution in [2.75, 3.05) is 13.1 Å². The van der Waals surface area contributed by atoms with E-state index in [1.807, 2.05) is 32.9 Å². The Morgan fingerprint density at radius 1 is 1.04 bits per heavy atom. The molecular formula is C20H30N2O3S. The van der Waals surface area contributed by atoms with Gasteiger partial charge in [-0.3, -0.25) is 4.79 Å². The molecule has 1 heterocycles. The highest BCUT2D eigenvalue weighted by Gasteiger charge is 2.35. The average molecular weight is 379 g/mol. The fraction of sp³-hybridized carbons (Fsp3) is 0.650. The molecule has 2 aliphatic rings. The van der Waals surface area contributed by atoms with Gasteiger partial charge in [-0.25, -0.2) is 8.42 Å². The second kappa shape index (κ2) is 7.69. The molecule has 0 radical (unpaired) electrons. The molecule has 1 N–H and O–H groups in total. The largest absolute Gasteiger partial charge is 0.353 e. The molecule has 5 nitrogen and oxygen atoms in total. The van der Waals surface area contributed by atoms with Crippen LogP contribution in [0.1, 0.15) is 55.2 Å². The third-order valence-electron chi connectivity index (χ3n) is 5.66. The van der Waals surface area contributed by atoms with Crippen LogP contribution in [0.15, 0.2) is 17.0 Å². The van der Waals surface area contributed by atoms with E-state index in [0.29, 0.717) is 11.4 Å². The number of carbonyl (C=O) groups is 1. The van der Waals surface area contributed by atoms with Gasteiger partial charge >= 0.3 is 0 Å². The first-order valence-corrected chi connectivity index (χ1v) is 11.1. The summed E-state index contributed by atoms with van der Waals surface area (Å²) < 4.78 is 28.0. The smallest absolute Gasteiger partial charge is 0.243 e. The van der Waals surface area contributed by atoms with Crippen molar-refractivity contribution in [3.63, 3.8) is 0 Å². The molecule has 1 amide bonds. The van der Waals surface area contributed by atoms with E-state index in [-0.39, 0.29) is 24.4 Å². The molecule has 0 aromatic heterocycles. The number of piperidine rings is 1. The summed E-state index contributed by atoms with van der Waals surface area (Å²) in [5.41, 5.74) is 2.62. The topological polar surface area (TPSA) is 66.5 Å². The molecule has 1 aliphatic heterocycles. The van der Waals surface area contributed by atoms with E-state index in [4.69, 9.17) is 0 Å². The fourth-order valence-corrected chi connectivity index (χ4v) is 6.40. The van der Waals surface area contributed by atoms with Crippen molar-refractivity contribution < 1.29 is 13.2 Å². The van der Waals surface area contributed by atoms with Crippen molar-refractivity contribution in [3.05, 3.63) is 28.8 Å². The van der Waals surface area contributed by atoms with E-state index >= 15 is 0 Å². The van der Waals surface area contributed by atoms with Crippen LogP contribution in [-0.4, -0.2) is 37.8 Å². The van der Waals surface area contributed by atoms with Crippen molar-refractivity contribution in [1.29, 1.82) is 0 Å². The van der Waals surface area contributed by atoms with Crippen LogP contribution < -0.4 is 5.32 Å². The van der Waals surface area contributed by atoms with Crippen LogP contribution >= 0.6 is 0 Å². The highest BCUT2D eigenvalue weighted by atomic mass is 32.2. The van der Waals surface area contributed by atoms with Gasteiger partial charge in [0.15, 0.2) is 0 Å². The van der Waals surface area contributed by atoms with Crippen LogP contribution in [0.3, 0.4) is 0 Å². The minimum absolute atomic E-state index is 0.0224. The summed E-state index contributed by atoms with van der Waals surface area (Å²) in [6.45, 7) is 6.44. The molecule has 1 aromatic rings. The number of rotatable bonds is 4. The summed E-state index contributed by atoms with van der Waals surface area (Å²) in [4.78, 5) is 13.0. The van der Waals surface area contributed by atoms with Gasteiger partial charge in [-0.2, -0.15) is 4.31 Å². The van der Waals surface area contributed by atoms with Crippen molar-refractivity contribution in [1.82, 2.24) is 9.62 Å². The first kappa shape index (κ1) is 19.4. The quantitative estimate of drug-likeness (QED) is 0.876. The number of nitrogens with one attached hydrogen (secondary N) is 1. The minimum atomic E-state index is -3.58. The SMILES string of the molecule is Cc1cc(C)c(S(=O)(=O)N2CCC[C@@H](C(=O)NC3CCCC3)C2)c(C)c1. The number of hydrogen-bond donors (Lipinski definition) is 1. The Morgan fingerprint density at radius 3 is 2.27 bits per heavy atom. The van der Waals surface area contributed by atoms with Gasteiger partial charge in [-0.05, 0) is 57.6 Å². The Balaban J connectivity index is 1.77.